The molecule has 0 bridgehead atoms. The molecule has 0 aliphatic heterocycles. The molecule has 0 radical (unpaired) electrons. The molecular weight excluding hydrogens is 436 g/mol. The Labute approximate surface area is 183 Å². The van der Waals surface area contributed by atoms with Gasteiger partial charge in [-0.25, -0.2) is 17.2 Å². The minimum atomic E-state index is -4.10. The Hall–Kier alpha value is -3.98. The molecule has 0 spiro atoms. The van der Waals surface area contributed by atoms with Gasteiger partial charge in [-0.3, -0.25) is 9.52 Å². The van der Waals surface area contributed by atoms with Crippen LogP contribution in [0.25, 0.3) is 5.69 Å². The summed E-state index contributed by atoms with van der Waals surface area (Å²) >= 11 is 0. The minimum absolute atomic E-state index is 0.197. The van der Waals surface area contributed by atoms with E-state index in [9.17, 15) is 22.0 Å². The molecule has 0 atom stereocenters. The molecule has 4 aromatic rings. The van der Waals surface area contributed by atoms with Gasteiger partial charge in [-0.1, -0.05) is 6.07 Å². The van der Waals surface area contributed by atoms with Crippen molar-refractivity contribution in [2.24, 2.45) is 0 Å². The monoisotopic (exact) mass is 453 g/mol. The summed E-state index contributed by atoms with van der Waals surface area (Å²) in [5.74, 6) is -2.72. The number of nitrogens with one attached hydrogen (secondary N) is 2. The van der Waals surface area contributed by atoms with Crippen molar-refractivity contribution in [2.45, 2.75) is 4.90 Å². The van der Waals surface area contributed by atoms with Gasteiger partial charge in [0, 0.05) is 35.0 Å². The van der Waals surface area contributed by atoms with Crippen molar-refractivity contribution >= 4 is 27.3 Å². The minimum Gasteiger partial charge on any atom is -0.324 e. The number of amides is 1. The van der Waals surface area contributed by atoms with Gasteiger partial charge in [-0.05, 0) is 72.8 Å². The van der Waals surface area contributed by atoms with Crippen molar-refractivity contribution in [1.29, 1.82) is 0 Å². The van der Waals surface area contributed by atoms with Gasteiger partial charge in [0.05, 0.1) is 4.90 Å². The third-order valence-corrected chi connectivity index (χ3v) is 5.99. The Morgan fingerprint density at radius 3 is 2.16 bits per heavy atom. The molecule has 1 amide bonds. The molecule has 0 fully saturated rings. The summed E-state index contributed by atoms with van der Waals surface area (Å²) in [6, 6.07) is 19.1. The van der Waals surface area contributed by atoms with Crippen molar-refractivity contribution < 1.29 is 22.0 Å². The molecule has 3 aromatic carbocycles. The van der Waals surface area contributed by atoms with Crippen LogP contribution in [0.2, 0.25) is 0 Å². The molecule has 0 unspecified atom stereocenters. The third-order valence-electron chi connectivity index (χ3n) is 4.61. The highest BCUT2D eigenvalue weighted by Crippen LogP contribution is 2.21. The molecule has 0 aliphatic rings. The Morgan fingerprint density at radius 2 is 1.47 bits per heavy atom. The fraction of sp³-hybridized carbons (Fsp3) is 0. The molecule has 4 rings (SSSR count). The van der Waals surface area contributed by atoms with Gasteiger partial charge in [-0.15, -0.1) is 0 Å². The molecule has 9 heteroatoms. The first-order chi connectivity index (χ1) is 15.3. The number of sulfonamides is 1. The number of carbonyl (C=O) groups is 1. The molecule has 32 heavy (non-hydrogen) atoms. The van der Waals surface area contributed by atoms with Crippen LogP contribution < -0.4 is 10.0 Å². The molecule has 2 N–H and O–H groups in total. The Morgan fingerprint density at radius 1 is 0.781 bits per heavy atom. The van der Waals surface area contributed by atoms with Crippen LogP contribution in [0.5, 0.6) is 0 Å². The first-order valence-corrected chi connectivity index (χ1v) is 10.9. The zero-order chi connectivity index (χ0) is 22.7. The number of halogens is 2. The van der Waals surface area contributed by atoms with Crippen LogP contribution in [-0.2, 0) is 10.0 Å². The van der Waals surface area contributed by atoms with Crippen LogP contribution in [0.15, 0.2) is 96.2 Å². The number of hydrogen-bond acceptors (Lipinski definition) is 3. The quantitative estimate of drug-likeness (QED) is 0.440. The Kier molecular flexibility index (Phi) is 5.74. The SMILES string of the molecule is O=C(Nc1ccc(NS(=O)(=O)c2ccc(F)c(F)c2)cc1)c1cccc(-n2cccc2)c1. The van der Waals surface area contributed by atoms with E-state index in [2.05, 4.69) is 10.0 Å². The van der Waals surface area contributed by atoms with Crippen LogP contribution in [0.3, 0.4) is 0 Å². The zero-order valence-corrected chi connectivity index (χ0v) is 17.3. The maximum atomic E-state index is 13.4. The number of benzene rings is 3. The number of nitrogens with zero attached hydrogens (tertiary/aromatic N) is 1. The van der Waals surface area contributed by atoms with Gasteiger partial charge in [0.15, 0.2) is 11.6 Å². The van der Waals surface area contributed by atoms with E-state index in [-0.39, 0.29) is 11.6 Å². The van der Waals surface area contributed by atoms with Crippen molar-refractivity contribution in [3.05, 3.63) is 108 Å². The second-order valence-corrected chi connectivity index (χ2v) is 8.54. The Balaban J connectivity index is 1.45. The number of rotatable bonds is 6. The van der Waals surface area contributed by atoms with E-state index in [0.29, 0.717) is 17.3 Å². The predicted octanol–water partition coefficient (Wildman–Crippen LogP) is 4.81. The van der Waals surface area contributed by atoms with E-state index < -0.39 is 26.6 Å². The summed E-state index contributed by atoms with van der Waals surface area (Å²) in [5, 5.41) is 2.75. The highest BCUT2D eigenvalue weighted by atomic mass is 32.2. The first kappa shape index (κ1) is 21.3. The van der Waals surface area contributed by atoms with E-state index in [4.69, 9.17) is 0 Å². The van der Waals surface area contributed by atoms with Crippen LogP contribution in [0, 0.1) is 11.6 Å². The van der Waals surface area contributed by atoms with Crippen LogP contribution in [0.1, 0.15) is 10.4 Å². The lowest BCUT2D eigenvalue weighted by Gasteiger charge is -2.10. The summed E-state index contributed by atoms with van der Waals surface area (Å²) < 4.78 is 55.3. The lowest BCUT2D eigenvalue weighted by molar-refractivity contribution is 0.102. The molecule has 0 saturated carbocycles. The van der Waals surface area contributed by atoms with Crippen LogP contribution in [-0.4, -0.2) is 18.9 Å². The number of aromatic nitrogens is 1. The third kappa shape index (κ3) is 4.68. The fourth-order valence-corrected chi connectivity index (χ4v) is 4.07. The Bertz CT molecular complexity index is 1370. The van der Waals surface area contributed by atoms with Crippen LogP contribution in [0.4, 0.5) is 20.2 Å². The normalized spacial score (nSPS) is 11.2. The van der Waals surface area contributed by atoms with Crippen molar-refractivity contribution in [3.63, 3.8) is 0 Å². The maximum Gasteiger partial charge on any atom is 0.261 e. The second kappa shape index (κ2) is 8.64. The molecule has 1 heterocycles. The molecule has 0 saturated heterocycles. The van der Waals surface area contributed by atoms with Gasteiger partial charge in [0.2, 0.25) is 0 Å². The molecular formula is C23H17F2N3O3S. The summed E-state index contributed by atoms with van der Waals surface area (Å²) in [5.41, 5.74) is 1.95. The summed E-state index contributed by atoms with van der Waals surface area (Å²) in [6.07, 6.45) is 3.74. The molecule has 1 aromatic heterocycles. The highest BCUT2D eigenvalue weighted by molar-refractivity contribution is 7.92. The summed E-state index contributed by atoms with van der Waals surface area (Å²) in [6.45, 7) is 0. The standard InChI is InChI=1S/C23H17F2N3O3S/c24-21-11-10-20(15-22(21)25)32(30,31)27-18-8-6-17(7-9-18)26-23(29)16-4-3-5-19(14-16)28-12-1-2-13-28/h1-15,27H,(H,26,29). The largest absolute Gasteiger partial charge is 0.324 e. The fourth-order valence-electron chi connectivity index (χ4n) is 3.00. The second-order valence-electron chi connectivity index (χ2n) is 6.85. The summed E-state index contributed by atoms with van der Waals surface area (Å²) in [4.78, 5) is 12.2. The van der Waals surface area contributed by atoms with Crippen molar-refractivity contribution in [1.82, 2.24) is 4.57 Å². The molecule has 162 valence electrons. The number of anilines is 2. The van der Waals surface area contributed by atoms with Gasteiger partial charge < -0.3 is 9.88 Å². The zero-order valence-electron chi connectivity index (χ0n) is 16.5. The predicted molar refractivity (Wildman–Crippen MR) is 117 cm³/mol. The van der Waals surface area contributed by atoms with E-state index >= 15 is 0 Å². The lowest BCUT2D eigenvalue weighted by Crippen LogP contribution is -2.14. The number of carbonyl (C=O) groups excluding carboxylic acids is 1. The average Bonchev–Trinajstić information content (AvgIpc) is 3.32. The smallest absolute Gasteiger partial charge is 0.261 e. The van der Waals surface area contributed by atoms with E-state index in [1.54, 1.807) is 18.2 Å². The van der Waals surface area contributed by atoms with Crippen LogP contribution >= 0.6 is 0 Å². The lowest BCUT2D eigenvalue weighted by atomic mass is 10.1. The van der Waals surface area contributed by atoms with E-state index in [1.165, 1.54) is 24.3 Å². The van der Waals surface area contributed by atoms with Gasteiger partial charge in [0.25, 0.3) is 15.9 Å². The van der Waals surface area contributed by atoms with Gasteiger partial charge in [0.1, 0.15) is 0 Å². The topological polar surface area (TPSA) is 80.2 Å². The molecule has 6 nitrogen and oxygen atoms in total. The first-order valence-electron chi connectivity index (χ1n) is 9.44. The average molecular weight is 453 g/mol. The van der Waals surface area contributed by atoms with Gasteiger partial charge in [-0.2, -0.15) is 0 Å². The summed E-state index contributed by atoms with van der Waals surface area (Å²) in [7, 11) is -4.10. The highest BCUT2D eigenvalue weighted by Gasteiger charge is 2.17. The maximum absolute atomic E-state index is 13.4. The van der Waals surface area contributed by atoms with Crippen molar-refractivity contribution in [3.8, 4) is 5.69 Å². The van der Waals surface area contributed by atoms with Gasteiger partial charge >= 0.3 is 0 Å². The van der Waals surface area contributed by atoms with E-state index in [1.807, 2.05) is 35.2 Å². The van der Waals surface area contributed by atoms with Crippen molar-refractivity contribution in [2.75, 3.05) is 10.0 Å². The van der Waals surface area contributed by atoms with E-state index in [0.717, 1.165) is 17.8 Å². The molecule has 0 aliphatic carbocycles. The number of hydrogen-bond donors (Lipinski definition) is 2.